The standard InChI is InChI=1S/C12H21N3O4/c1-8(16)4-6-13-9(17)5-7-15-10(18)12(2,3)14-11(15)19/h8,16H,4-7H2,1-3H3,(H,13,17)(H,14,19). The van der Waals surface area contributed by atoms with Gasteiger partial charge in [0, 0.05) is 19.5 Å². The third-order valence-electron chi connectivity index (χ3n) is 2.89. The smallest absolute Gasteiger partial charge is 0.325 e. The molecule has 0 bridgehead atoms. The molecule has 1 fully saturated rings. The van der Waals surface area contributed by atoms with Gasteiger partial charge in [0.1, 0.15) is 5.54 Å². The highest BCUT2D eigenvalue weighted by Crippen LogP contribution is 2.16. The first-order valence-electron chi connectivity index (χ1n) is 6.33. The summed E-state index contributed by atoms with van der Waals surface area (Å²) >= 11 is 0. The molecule has 7 nitrogen and oxygen atoms in total. The molecule has 1 unspecified atom stereocenters. The van der Waals surface area contributed by atoms with E-state index in [0.717, 1.165) is 4.90 Å². The van der Waals surface area contributed by atoms with Crippen LogP contribution in [0.25, 0.3) is 0 Å². The van der Waals surface area contributed by atoms with Gasteiger partial charge in [0.2, 0.25) is 5.91 Å². The first-order chi connectivity index (χ1) is 8.74. The molecule has 1 rings (SSSR count). The third kappa shape index (κ3) is 4.20. The fraction of sp³-hybridized carbons (Fsp3) is 0.750. The molecule has 0 aromatic rings. The van der Waals surface area contributed by atoms with Gasteiger partial charge in [-0.1, -0.05) is 0 Å². The number of aliphatic hydroxyl groups is 1. The van der Waals surface area contributed by atoms with Gasteiger partial charge in [-0.25, -0.2) is 4.79 Å². The Balaban J connectivity index is 2.35. The van der Waals surface area contributed by atoms with Crippen molar-refractivity contribution >= 4 is 17.8 Å². The summed E-state index contributed by atoms with van der Waals surface area (Å²) < 4.78 is 0. The number of urea groups is 1. The molecule has 1 heterocycles. The molecule has 7 heteroatoms. The maximum atomic E-state index is 11.8. The van der Waals surface area contributed by atoms with E-state index in [-0.39, 0.29) is 24.8 Å². The van der Waals surface area contributed by atoms with Gasteiger partial charge in [0.15, 0.2) is 0 Å². The summed E-state index contributed by atoms with van der Waals surface area (Å²) in [5.74, 6) is -0.569. The van der Waals surface area contributed by atoms with Crippen LogP contribution in [-0.2, 0) is 9.59 Å². The normalized spacial score (nSPS) is 19.3. The number of aliphatic hydroxyl groups excluding tert-OH is 1. The second kappa shape index (κ2) is 6.01. The summed E-state index contributed by atoms with van der Waals surface area (Å²) in [4.78, 5) is 35.9. The Morgan fingerprint density at radius 3 is 2.58 bits per heavy atom. The van der Waals surface area contributed by atoms with E-state index in [1.165, 1.54) is 0 Å². The predicted molar refractivity (Wildman–Crippen MR) is 68.2 cm³/mol. The molecule has 1 aliphatic heterocycles. The third-order valence-corrected chi connectivity index (χ3v) is 2.89. The largest absolute Gasteiger partial charge is 0.393 e. The minimum atomic E-state index is -0.903. The van der Waals surface area contributed by atoms with Crippen LogP contribution < -0.4 is 10.6 Å². The van der Waals surface area contributed by atoms with E-state index >= 15 is 0 Å². The average Bonchev–Trinajstić information content (AvgIpc) is 2.46. The van der Waals surface area contributed by atoms with Gasteiger partial charge in [-0.15, -0.1) is 0 Å². The van der Waals surface area contributed by atoms with E-state index in [2.05, 4.69) is 10.6 Å². The second-order valence-corrected chi connectivity index (χ2v) is 5.25. The molecule has 1 aliphatic rings. The maximum Gasteiger partial charge on any atom is 0.325 e. The van der Waals surface area contributed by atoms with E-state index in [1.807, 2.05) is 0 Å². The Kier molecular flexibility index (Phi) is 4.88. The molecule has 0 aliphatic carbocycles. The van der Waals surface area contributed by atoms with E-state index in [9.17, 15) is 14.4 Å². The van der Waals surface area contributed by atoms with Gasteiger partial charge in [-0.2, -0.15) is 0 Å². The van der Waals surface area contributed by atoms with Gasteiger partial charge in [-0.3, -0.25) is 14.5 Å². The molecular formula is C12H21N3O4. The van der Waals surface area contributed by atoms with Gasteiger partial charge < -0.3 is 15.7 Å². The highest BCUT2D eigenvalue weighted by molar-refractivity contribution is 6.06. The number of nitrogens with zero attached hydrogens (tertiary/aromatic N) is 1. The van der Waals surface area contributed by atoms with Crippen molar-refractivity contribution in [2.75, 3.05) is 13.1 Å². The quantitative estimate of drug-likeness (QED) is 0.572. The van der Waals surface area contributed by atoms with Crippen LogP contribution in [0.2, 0.25) is 0 Å². The van der Waals surface area contributed by atoms with Crippen LogP contribution in [-0.4, -0.2) is 52.6 Å². The van der Waals surface area contributed by atoms with Crippen molar-refractivity contribution in [2.24, 2.45) is 0 Å². The van der Waals surface area contributed by atoms with E-state index < -0.39 is 17.7 Å². The van der Waals surface area contributed by atoms with E-state index in [0.29, 0.717) is 13.0 Å². The number of imide groups is 1. The number of amides is 4. The zero-order valence-electron chi connectivity index (χ0n) is 11.5. The van der Waals surface area contributed by atoms with Crippen LogP contribution in [0.15, 0.2) is 0 Å². The average molecular weight is 271 g/mol. The van der Waals surface area contributed by atoms with Crippen LogP contribution in [0, 0.1) is 0 Å². The molecule has 0 saturated carbocycles. The van der Waals surface area contributed by atoms with Crippen LogP contribution in [0.1, 0.15) is 33.6 Å². The predicted octanol–water partition coefficient (Wildman–Crippen LogP) is -0.406. The van der Waals surface area contributed by atoms with Crippen LogP contribution >= 0.6 is 0 Å². The second-order valence-electron chi connectivity index (χ2n) is 5.25. The lowest BCUT2D eigenvalue weighted by Gasteiger charge is -2.15. The Morgan fingerprint density at radius 2 is 2.11 bits per heavy atom. The van der Waals surface area contributed by atoms with Crippen LogP contribution in [0.3, 0.4) is 0 Å². The number of rotatable bonds is 6. The summed E-state index contributed by atoms with van der Waals surface area (Å²) in [5, 5.41) is 14.2. The highest BCUT2D eigenvalue weighted by Gasteiger charge is 2.43. The summed E-state index contributed by atoms with van der Waals surface area (Å²) in [6.07, 6.45) is 0.0729. The fourth-order valence-electron chi connectivity index (χ4n) is 1.74. The molecule has 4 amide bonds. The lowest BCUT2D eigenvalue weighted by molar-refractivity contribution is -0.130. The molecule has 0 radical (unpaired) electrons. The summed E-state index contributed by atoms with van der Waals surface area (Å²) in [5.41, 5.74) is -0.903. The highest BCUT2D eigenvalue weighted by atomic mass is 16.3. The molecule has 0 aromatic heterocycles. The summed E-state index contributed by atoms with van der Waals surface area (Å²) in [7, 11) is 0. The van der Waals surface area contributed by atoms with E-state index in [1.54, 1.807) is 20.8 Å². The van der Waals surface area contributed by atoms with Gasteiger partial charge in [-0.05, 0) is 27.2 Å². The first-order valence-corrected chi connectivity index (χ1v) is 6.33. The number of nitrogens with one attached hydrogen (secondary N) is 2. The minimum absolute atomic E-state index is 0.0641. The first kappa shape index (κ1) is 15.4. The van der Waals surface area contributed by atoms with Crippen molar-refractivity contribution in [1.82, 2.24) is 15.5 Å². The monoisotopic (exact) mass is 271 g/mol. The Labute approximate surface area is 112 Å². The van der Waals surface area contributed by atoms with Crippen molar-refractivity contribution in [3.05, 3.63) is 0 Å². The van der Waals surface area contributed by atoms with Crippen molar-refractivity contribution in [2.45, 2.75) is 45.3 Å². The maximum absolute atomic E-state index is 11.8. The molecule has 1 atom stereocenters. The number of hydrogen-bond donors (Lipinski definition) is 3. The van der Waals surface area contributed by atoms with Crippen LogP contribution in [0.5, 0.6) is 0 Å². The Bertz CT molecular complexity index is 379. The topological polar surface area (TPSA) is 98.7 Å². The lowest BCUT2D eigenvalue weighted by atomic mass is 10.1. The van der Waals surface area contributed by atoms with Gasteiger partial charge in [0.25, 0.3) is 5.91 Å². The number of carbonyl (C=O) groups is 3. The zero-order valence-corrected chi connectivity index (χ0v) is 11.5. The van der Waals surface area contributed by atoms with Crippen LogP contribution in [0.4, 0.5) is 4.79 Å². The molecule has 19 heavy (non-hydrogen) atoms. The van der Waals surface area contributed by atoms with Crippen molar-refractivity contribution in [3.8, 4) is 0 Å². The Morgan fingerprint density at radius 1 is 1.47 bits per heavy atom. The Hall–Kier alpha value is -1.63. The molecule has 0 aromatic carbocycles. The molecule has 108 valence electrons. The molecule has 3 N–H and O–H groups in total. The SMILES string of the molecule is CC(O)CCNC(=O)CCN1C(=O)NC(C)(C)C1=O. The van der Waals surface area contributed by atoms with Crippen molar-refractivity contribution < 1.29 is 19.5 Å². The number of carbonyl (C=O) groups excluding carboxylic acids is 3. The molecule has 0 spiro atoms. The van der Waals surface area contributed by atoms with E-state index in [4.69, 9.17) is 5.11 Å². The molecular weight excluding hydrogens is 250 g/mol. The van der Waals surface area contributed by atoms with Crippen molar-refractivity contribution in [1.29, 1.82) is 0 Å². The van der Waals surface area contributed by atoms with Gasteiger partial charge >= 0.3 is 6.03 Å². The van der Waals surface area contributed by atoms with Gasteiger partial charge in [0.05, 0.1) is 6.10 Å². The number of hydrogen-bond acceptors (Lipinski definition) is 4. The minimum Gasteiger partial charge on any atom is -0.393 e. The summed E-state index contributed by atoms with van der Waals surface area (Å²) in [6, 6.07) is -0.466. The van der Waals surface area contributed by atoms with Crippen molar-refractivity contribution in [3.63, 3.8) is 0 Å². The lowest BCUT2D eigenvalue weighted by Crippen LogP contribution is -2.40. The zero-order chi connectivity index (χ0) is 14.6. The summed E-state index contributed by atoms with van der Waals surface area (Å²) in [6.45, 7) is 5.32. The molecule has 1 saturated heterocycles. The fourth-order valence-corrected chi connectivity index (χ4v) is 1.74.